The van der Waals surface area contributed by atoms with Crippen LogP contribution in [0.25, 0.3) is 0 Å². The minimum Gasteiger partial charge on any atom is -0.386 e. The zero-order valence-electron chi connectivity index (χ0n) is 14.1. The van der Waals surface area contributed by atoms with Crippen molar-refractivity contribution < 1.29 is 66.7 Å². The summed E-state index contributed by atoms with van der Waals surface area (Å²) in [6.07, 6.45) is -6.91. The minimum atomic E-state index is -5.88. The number of hydrogen-bond acceptors (Lipinski definition) is 14. The van der Waals surface area contributed by atoms with E-state index in [9.17, 15) is 38.8 Å². The van der Waals surface area contributed by atoms with E-state index >= 15 is 0 Å². The number of rotatable bonds is 8. The molecule has 0 amide bonds. The average molecular weight is 500 g/mol. The first kappa shape index (κ1) is 25.2. The van der Waals surface area contributed by atoms with Crippen molar-refractivity contribution in [3.05, 3.63) is 22.7 Å². The molecule has 1 fully saturated rings. The van der Waals surface area contributed by atoms with Crippen LogP contribution in [-0.2, 0) is 31.7 Å². The van der Waals surface area contributed by atoms with E-state index in [1.807, 2.05) is 0 Å². The highest BCUT2D eigenvalue weighted by atomic mass is 31.3. The zero-order chi connectivity index (χ0) is 23.1. The fourth-order valence-corrected chi connectivity index (χ4v) is 5.05. The summed E-state index contributed by atoms with van der Waals surface area (Å²) >= 11 is 0. The van der Waals surface area contributed by atoms with E-state index in [1.165, 1.54) is 0 Å². The standard InChI is InChI=1S/C8H15N4O15P3/c9-3-1-2-11(8(15)10-3)6-4(13)5(14)7(24-6)12(16)25-29(20,21)27-30(22,23)26-28(17,18)19/h1-2,4-7,13-14,16H,(H,20,21)(H,22,23)(H2,9,10,15)(H2,17,18,19)/t4-,5+,6-,7+/m1/s1. The Bertz CT molecular complexity index is 979. The number of nitrogens with zero attached hydrogens (tertiary/aromatic N) is 3. The average Bonchev–Trinajstić information content (AvgIpc) is 2.79. The van der Waals surface area contributed by atoms with Gasteiger partial charge in [0.15, 0.2) is 12.5 Å². The van der Waals surface area contributed by atoms with Gasteiger partial charge in [0.2, 0.25) is 0 Å². The van der Waals surface area contributed by atoms with Gasteiger partial charge in [-0.05, 0) is 11.3 Å². The minimum absolute atomic E-state index is 0.183. The highest BCUT2D eigenvalue weighted by Crippen LogP contribution is 2.66. The van der Waals surface area contributed by atoms with Crippen LogP contribution in [0, 0.1) is 0 Å². The quantitative estimate of drug-likeness (QED) is 0.133. The Morgan fingerprint density at radius 3 is 2.23 bits per heavy atom. The van der Waals surface area contributed by atoms with Gasteiger partial charge in [0.1, 0.15) is 18.0 Å². The van der Waals surface area contributed by atoms with Crippen LogP contribution < -0.4 is 11.4 Å². The molecule has 1 aliphatic heterocycles. The van der Waals surface area contributed by atoms with E-state index in [1.54, 1.807) is 0 Å². The molecule has 172 valence electrons. The monoisotopic (exact) mass is 500 g/mol. The summed E-state index contributed by atoms with van der Waals surface area (Å²) in [5.74, 6) is -0.183. The number of aliphatic hydroxyl groups is 2. The SMILES string of the molecule is Nc1ccn([C@@H]2O[C@H](N(O)OP(=O)(O)OP(=O)(O)OP(=O)(O)O)[C@@H](O)[C@H]2O)c(=O)n1. The number of hydroxylamine groups is 2. The number of phosphoric acid groups is 3. The van der Waals surface area contributed by atoms with Gasteiger partial charge in [-0.25, -0.2) is 18.5 Å². The normalized spacial score (nSPS) is 28.9. The third kappa shape index (κ3) is 6.44. The van der Waals surface area contributed by atoms with Crippen LogP contribution in [0.1, 0.15) is 6.23 Å². The molecule has 1 aliphatic rings. The van der Waals surface area contributed by atoms with Gasteiger partial charge < -0.3 is 40.3 Å². The van der Waals surface area contributed by atoms with Crippen molar-refractivity contribution in [1.82, 2.24) is 14.8 Å². The molecule has 0 aromatic carbocycles. The van der Waals surface area contributed by atoms with Crippen molar-refractivity contribution in [3.63, 3.8) is 0 Å². The van der Waals surface area contributed by atoms with Crippen LogP contribution in [0.5, 0.6) is 0 Å². The number of aliphatic hydroxyl groups excluding tert-OH is 2. The summed E-state index contributed by atoms with van der Waals surface area (Å²) in [7, 11) is -17.4. The summed E-state index contributed by atoms with van der Waals surface area (Å²) in [6, 6.07) is 1.12. The molecule has 22 heteroatoms. The summed E-state index contributed by atoms with van der Waals surface area (Å²) in [5, 5.41) is 28.9. The Labute approximate surface area is 164 Å². The number of nitrogen functional groups attached to an aromatic ring is 1. The lowest BCUT2D eigenvalue weighted by atomic mass is 10.2. The summed E-state index contributed by atoms with van der Waals surface area (Å²) in [6.45, 7) is 0. The van der Waals surface area contributed by atoms with Crippen LogP contribution in [0.2, 0.25) is 0 Å². The molecule has 0 saturated carbocycles. The van der Waals surface area contributed by atoms with Gasteiger partial charge in [-0.15, -0.1) is 0 Å². The van der Waals surface area contributed by atoms with E-state index in [-0.39, 0.29) is 5.82 Å². The van der Waals surface area contributed by atoms with Crippen molar-refractivity contribution in [2.24, 2.45) is 0 Å². The topological polar surface area (TPSA) is 294 Å². The second kappa shape index (κ2) is 8.79. The Kier molecular flexibility index (Phi) is 7.37. The maximum atomic E-state index is 11.8. The van der Waals surface area contributed by atoms with Crippen LogP contribution in [0.15, 0.2) is 17.1 Å². The lowest BCUT2D eigenvalue weighted by Gasteiger charge is -2.24. The number of aromatic nitrogens is 2. The lowest BCUT2D eigenvalue weighted by molar-refractivity contribution is -0.371. The van der Waals surface area contributed by atoms with Gasteiger partial charge in [0.25, 0.3) is 0 Å². The maximum Gasteiger partial charge on any atom is 0.499 e. The summed E-state index contributed by atoms with van der Waals surface area (Å²) in [4.78, 5) is 50.4. The maximum absolute atomic E-state index is 11.8. The first-order valence-corrected chi connectivity index (χ1v) is 11.7. The van der Waals surface area contributed by atoms with Crippen molar-refractivity contribution >= 4 is 29.3 Å². The predicted molar refractivity (Wildman–Crippen MR) is 87.4 cm³/mol. The van der Waals surface area contributed by atoms with Gasteiger partial charge in [0.05, 0.1) is 0 Å². The van der Waals surface area contributed by atoms with Gasteiger partial charge in [-0.2, -0.15) is 18.2 Å². The van der Waals surface area contributed by atoms with E-state index in [2.05, 4.69) is 18.2 Å². The van der Waals surface area contributed by atoms with Crippen LogP contribution >= 0.6 is 23.5 Å². The molecule has 1 saturated heterocycles. The fraction of sp³-hybridized carbons (Fsp3) is 0.500. The molecular weight excluding hydrogens is 485 g/mol. The van der Waals surface area contributed by atoms with Crippen LogP contribution in [0.4, 0.5) is 5.82 Å². The molecule has 2 heterocycles. The van der Waals surface area contributed by atoms with Crippen molar-refractivity contribution in [1.29, 1.82) is 0 Å². The molecule has 1 aromatic rings. The van der Waals surface area contributed by atoms with Gasteiger partial charge >= 0.3 is 29.2 Å². The molecule has 2 unspecified atom stereocenters. The molecule has 0 spiro atoms. The molecule has 0 radical (unpaired) electrons. The van der Waals surface area contributed by atoms with Crippen LogP contribution in [-0.4, -0.2) is 68.2 Å². The van der Waals surface area contributed by atoms with E-state index < -0.39 is 59.0 Å². The third-order valence-corrected chi connectivity index (χ3v) is 6.86. The summed E-state index contributed by atoms with van der Waals surface area (Å²) in [5.41, 5.74) is 4.26. The molecule has 1 aromatic heterocycles. The van der Waals surface area contributed by atoms with Crippen LogP contribution in [0.3, 0.4) is 0 Å². The number of hydrogen-bond donors (Lipinski definition) is 8. The molecule has 2 rings (SSSR count). The third-order valence-electron chi connectivity index (χ3n) is 3.16. The lowest BCUT2D eigenvalue weighted by Crippen LogP contribution is -2.42. The Morgan fingerprint density at radius 1 is 1.10 bits per heavy atom. The molecular formula is C8H15N4O15P3. The predicted octanol–water partition coefficient (Wildman–Crippen LogP) is -2.65. The molecule has 19 nitrogen and oxygen atoms in total. The second-order valence-corrected chi connectivity index (χ2v) is 9.74. The molecule has 0 aliphatic carbocycles. The zero-order valence-corrected chi connectivity index (χ0v) is 16.8. The van der Waals surface area contributed by atoms with Gasteiger partial charge in [-0.1, -0.05) is 0 Å². The van der Waals surface area contributed by atoms with Crippen molar-refractivity contribution in [2.45, 2.75) is 24.7 Å². The fourth-order valence-electron chi connectivity index (χ4n) is 2.12. The number of ether oxygens (including phenoxy) is 1. The van der Waals surface area contributed by atoms with E-state index in [0.717, 1.165) is 12.3 Å². The number of anilines is 1. The first-order valence-electron chi connectivity index (χ1n) is 7.19. The Morgan fingerprint density at radius 2 is 1.70 bits per heavy atom. The van der Waals surface area contributed by atoms with Crippen molar-refractivity contribution in [3.8, 4) is 0 Å². The summed E-state index contributed by atoms with van der Waals surface area (Å²) < 4.78 is 49.8. The second-order valence-electron chi connectivity index (χ2n) is 5.42. The molecule has 6 atom stereocenters. The highest BCUT2D eigenvalue weighted by molar-refractivity contribution is 7.66. The first-order chi connectivity index (χ1) is 13.5. The Hall–Kier alpha value is -1.11. The van der Waals surface area contributed by atoms with E-state index in [4.69, 9.17) is 25.2 Å². The Balaban J connectivity index is 2.13. The smallest absolute Gasteiger partial charge is 0.386 e. The molecule has 9 N–H and O–H groups in total. The highest BCUT2D eigenvalue weighted by Gasteiger charge is 2.50. The van der Waals surface area contributed by atoms with Crippen molar-refractivity contribution in [2.75, 3.05) is 5.73 Å². The largest absolute Gasteiger partial charge is 0.499 e. The molecule has 30 heavy (non-hydrogen) atoms. The molecule has 0 bridgehead atoms. The van der Waals surface area contributed by atoms with Gasteiger partial charge in [-0.3, -0.25) is 9.77 Å². The number of nitrogens with two attached hydrogens (primary N) is 1. The van der Waals surface area contributed by atoms with Gasteiger partial charge in [0, 0.05) is 6.20 Å². The van der Waals surface area contributed by atoms with E-state index in [0.29, 0.717) is 4.57 Å².